The van der Waals surface area contributed by atoms with Crippen LogP contribution in [-0.4, -0.2) is 21.6 Å². The highest BCUT2D eigenvalue weighted by atomic mass is 32.1. The molecule has 1 atom stereocenters. The van der Waals surface area contributed by atoms with Gasteiger partial charge in [-0.2, -0.15) is 5.26 Å². The van der Waals surface area contributed by atoms with Crippen molar-refractivity contribution in [3.05, 3.63) is 50.9 Å². The Labute approximate surface area is 134 Å². The Hall–Kier alpha value is -3.12. The average Bonchev–Trinajstić information content (AvgIpc) is 2.98. The number of hydrogen-bond donors (Lipinski definition) is 1. The van der Waals surface area contributed by atoms with E-state index in [1.54, 1.807) is 31.2 Å². The summed E-state index contributed by atoms with van der Waals surface area (Å²) >= 11 is 0.822. The summed E-state index contributed by atoms with van der Waals surface area (Å²) < 4.78 is 0. The van der Waals surface area contributed by atoms with Crippen LogP contribution in [0.5, 0.6) is 0 Å². The molecule has 0 radical (unpaired) electrons. The molecular weight excluding hydrogens is 320 g/mol. The molecule has 1 aromatic heterocycles. The zero-order valence-corrected chi connectivity index (χ0v) is 12.7. The summed E-state index contributed by atoms with van der Waals surface area (Å²) in [6.45, 7) is 1.73. The number of carbonyl (C=O) groups is 2. The number of carbonyl (C=O) groups excluding carboxylic acids is 2. The maximum Gasteiger partial charge on any atom is 0.376 e. The molecule has 1 amide bonds. The van der Waals surface area contributed by atoms with Crippen molar-refractivity contribution >= 4 is 34.0 Å². The van der Waals surface area contributed by atoms with Crippen LogP contribution < -0.4 is 5.32 Å². The van der Waals surface area contributed by atoms with Crippen LogP contribution in [0.2, 0.25) is 0 Å². The number of aromatic nitrogens is 1. The molecule has 1 aromatic carbocycles. The summed E-state index contributed by atoms with van der Waals surface area (Å²) in [5.74, 6) is -3.65. The van der Waals surface area contributed by atoms with Crippen molar-refractivity contribution in [3.63, 3.8) is 0 Å². The number of amides is 1. The number of nitriles is 1. The van der Waals surface area contributed by atoms with Crippen molar-refractivity contribution in [2.24, 2.45) is 0 Å². The maximum absolute atomic E-state index is 12.2. The van der Waals surface area contributed by atoms with E-state index in [0.29, 0.717) is 11.1 Å². The lowest BCUT2D eigenvalue weighted by atomic mass is 9.92. The van der Waals surface area contributed by atoms with E-state index in [9.17, 15) is 25.0 Å². The maximum atomic E-state index is 12.2. The third-order valence-corrected chi connectivity index (χ3v) is 3.76. The molecule has 23 heavy (non-hydrogen) atoms. The molecule has 1 N–H and O–H groups in total. The Morgan fingerprint density at radius 3 is 2.70 bits per heavy atom. The highest BCUT2D eigenvalue weighted by Gasteiger charge is 2.29. The Balaban J connectivity index is 2.17. The van der Waals surface area contributed by atoms with E-state index in [1.165, 1.54) is 0 Å². The Morgan fingerprint density at radius 2 is 2.13 bits per heavy atom. The van der Waals surface area contributed by atoms with E-state index in [-0.39, 0.29) is 5.13 Å². The van der Waals surface area contributed by atoms with Crippen molar-refractivity contribution in [3.8, 4) is 6.07 Å². The van der Waals surface area contributed by atoms with Crippen LogP contribution in [0.15, 0.2) is 29.6 Å². The zero-order chi connectivity index (χ0) is 17.0. The number of Topliss-reactive ketones (excluding diaryl/α,β-unsaturated/α-hetero) is 1. The summed E-state index contributed by atoms with van der Waals surface area (Å²) in [7, 11) is 0. The lowest BCUT2D eigenvalue weighted by Gasteiger charge is -2.10. The SMILES string of the molecule is Cc1ccccc1C(C#N)C(=O)C(=O)Nc1nc([N+](=O)[O-])cs1. The number of benzene rings is 1. The van der Waals surface area contributed by atoms with E-state index in [2.05, 4.69) is 10.3 Å². The van der Waals surface area contributed by atoms with E-state index in [0.717, 1.165) is 16.7 Å². The van der Waals surface area contributed by atoms with Crippen LogP contribution in [0.1, 0.15) is 17.0 Å². The number of nitrogens with zero attached hydrogens (tertiary/aromatic N) is 3. The van der Waals surface area contributed by atoms with Gasteiger partial charge in [0.1, 0.15) is 5.92 Å². The molecule has 0 spiro atoms. The van der Waals surface area contributed by atoms with Crippen LogP contribution in [0.25, 0.3) is 0 Å². The molecule has 0 aliphatic heterocycles. The number of anilines is 1. The molecular formula is C14H10N4O4S. The van der Waals surface area contributed by atoms with Crippen LogP contribution in [0.4, 0.5) is 10.9 Å². The lowest BCUT2D eigenvalue weighted by molar-refractivity contribution is -0.389. The van der Waals surface area contributed by atoms with Crippen molar-refractivity contribution in [1.29, 1.82) is 5.26 Å². The van der Waals surface area contributed by atoms with Crippen LogP contribution in [0, 0.1) is 28.4 Å². The fourth-order valence-corrected chi connectivity index (χ4v) is 2.53. The third kappa shape index (κ3) is 3.56. The normalized spacial score (nSPS) is 11.3. The van der Waals surface area contributed by atoms with Gasteiger partial charge in [-0.1, -0.05) is 35.6 Å². The summed E-state index contributed by atoms with van der Waals surface area (Å²) in [4.78, 5) is 37.5. The average molecular weight is 330 g/mol. The number of ketones is 1. The minimum Gasteiger partial charge on any atom is -0.358 e. The van der Waals surface area contributed by atoms with Gasteiger partial charge < -0.3 is 10.1 Å². The Kier molecular flexibility index (Phi) is 4.78. The van der Waals surface area contributed by atoms with Gasteiger partial charge >= 0.3 is 10.9 Å². The topological polar surface area (TPSA) is 126 Å². The monoisotopic (exact) mass is 330 g/mol. The number of thiazole rings is 1. The van der Waals surface area contributed by atoms with Crippen LogP contribution in [0.3, 0.4) is 0 Å². The van der Waals surface area contributed by atoms with Gasteiger partial charge in [-0.3, -0.25) is 14.9 Å². The van der Waals surface area contributed by atoms with E-state index >= 15 is 0 Å². The number of aryl methyl sites for hydroxylation is 1. The van der Waals surface area contributed by atoms with E-state index in [1.807, 2.05) is 6.07 Å². The molecule has 0 aliphatic rings. The quantitative estimate of drug-likeness (QED) is 0.508. The first kappa shape index (κ1) is 16.3. The first-order valence-corrected chi connectivity index (χ1v) is 7.22. The minimum absolute atomic E-state index is 0.0727. The van der Waals surface area contributed by atoms with Gasteiger partial charge in [0.05, 0.1) is 11.4 Å². The molecule has 2 rings (SSSR count). The van der Waals surface area contributed by atoms with Crippen LogP contribution in [-0.2, 0) is 9.59 Å². The number of hydrogen-bond acceptors (Lipinski definition) is 7. The van der Waals surface area contributed by atoms with Gasteiger partial charge in [-0.05, 0) is 28.0 Å². The highest BCUT2D eigenvalue weighted by molar-refractivity contribution is 7.14. The number of nitro groups is 1. The minimum atomic E-state index is -1.24. The molecule has 0 aliphatic carbocycles. The Bertz CT molecular complexity index is 824. The lowest BCUT2D eigenvalue weighted by Crippen LogP contribution is -2.28. The molecule has 0 bridgehead atoms. The van der Waals surface area contributed by atoms with Gasteiger partial charge in [0.25, 0.3) is 5.91 Å². The largest absolute Gasteiger partial charge is 0.376 e. The summed E-state index contributed by atoms with van der Waals surface area (Å²) in [6.07, 6.45) is 0. The van der Waals surface area contributed by atoms with Crippen molar-refractivity contribution < 1.29 is 14.5 Å². The highest BCUT2D eigenvalue weighted by Crippen LogP contribution is 2.23. The van der Waals surface area contributed by atoms with Crippen molar-refractivity contribution in [2.75, 3.05) is 5.32 Å². The smallest absolute Gasteiger partial charge is 0.358 e. The Morgan fingerprint density at radius 1 is 1.43 bits per heavy atom. The third-order valence-electron chi connectivity index (χ3n) is 3.01. The van der Waals surface area contributed by atoms with Crippen molar-refractivity contribution in [1.82, 2.24) is 4.98 Å². The van der Waals surface area contributed by atoms with Gasteiger partial charge in [0, 0.05) is 0 Å². The van der Waals surface area contributed by atoms with E-state index in [4.69, 9.17) is 0 Å². The number of rotatable bonds is 5. The fourth-order valence-electron chi connectivity index (χ4n) is 1.88. The summed E-state index contributed by atoms with van der Waals surface area (Å²) in [6, 6.07) is 8.57. The van der Waals surface area contributed by atoms with Gasteiger partial charge in [0.15, 0.2) is 0 Å². The van der Waals surface area contributed by atoms with Crippen LogP contribution >= 0.6 is 11.3 Å². The molecule has 116 valence electrons. The summed E-state index contributed by atoms with van der Waals surface area (Å²) in [5.41, 5.74) is 1.16. The molecule has 9 heteroatoms. The van der Waals surface area contributed by atoms with Gasteiger partial charge in [-0.15, -0.1) is 0 Å². The van der Waals surface area contributed by atoms with Crippen molar-refractivity contribution in [2.45, 2.75) is 12.8 Å². The molecule has 0 saturated heterocycles. The zero-order valence-electron chi connectivity index (χ0n) is 11.8. The first-order valence-electron chi connectivity index (χ1n) is 6.34. The predicted molar refractivity (Wildman–Crippen MR) is 81.9 cm³/mol. The van der Waals surface area contributed by atoms with Gasteiger partial charge in [0.2, 0.25) is 5.78 Å². The molecule has 0 saturated carbocycles. The second-order valence-electron chi connectivity index (χ2n) is 4.51. The number of nitrogens with one attached hydrogen (secondary N) is 1. The summed E-state index contributed by atoms with van der Waals surface area (Å²) in [5, 5.41) is 23.0. The standard InChI is InChI=1S/C14H10N4O4S/c1-8-4-2-3-5-9(8)10(6-15)12(19)13(20)17-14-16-11(7-23-14)18(21)22/h2-5,7,10H,1H3,(H,16,17,20). The predicted octanol–water partition coefficient (Wildman–Crippen LogP) is 2.17. The van der Waals surface area contributed by atoms with Gasteiger partial charge in [-0.25, -0.2) is 0 Å². The molecule has 1 unspecified atom stereocenters. The van der Waals surface area contributed by atoms with E-state index < -0.39 is 28.3 Å². The molecule has 0 fully saturated rings. The molecule has 8 nitrogen and oxygen atoms in total. The second kappa shape index (κ2) is 6.76. The first-order chi connectivity index (χ1) is 10.9. The second-order valence-corrected chi connectivity index (χ2v) is 5.36. The molecule has 2 aromatic rings. The fraction of sp³-hybridized carbons (Fsp3) is 0.143. The molecule has 1 heterocycles.